The lowest BCUT2D eigenvalue weighted by Crippen LogP contribution is -2.28. The SMILES string of the molecule is CCC(C)CC1CCC(C(N)=O)CC1. The number of primary amides is 1. The Morgan fingerprint density at radius 2 is 1.93 bits per heavy atom. The fourth-order valence-corrected chi connectivity index (χ4v) is 2.42. The summed E-state index contributed by atoms with van der Waals surface area (Å²) in [5.41, 5.74) is 5.30. The second-order valence-electron chi connectivity index (χ2n) is 4.87. The van der Waals surface area contributed by atoms with E-state index < -0.39 is 0 Å². The third kappa shape index (κ3) is 3.32. The molecule has 0 aromatic heterocycles. The molecule has 82 valence electrons. The molecule has 0 aliphatic heterocycles. The lowest BCUT2D eigenvalue weighted by molar-refractivity contribution is -0.123. The summed E-state index contributed by atoms with van der Waals surface area (Å²) in [6, 6.07) is 0. The highest BCUT2D eigenvalue weighted by Crippen LogP contribution is 2.32. The van der Waals surface area contributed by atoms with Gasteiger partial charge in [0.25, 0.3) is 0 Å². The van der Waals surface area contributed by atoms with Gasteiger partial charge in [0, 0.05) is 5.92 Å². The highest BCUT2D eigenvalue weighted by molar-refractivity contribution is 5.76. The first kappa shape index (κ1) is 11.5. The fourth-order valence-electron chi connectivity index (χ4n) is 2.42. The predicted molar refractivity (Wildman–Crippen MR) is 58.7 cm³/mol. The molecule has 1 saturated carbocycles. The monoisotopic (exact) mass is 197 g/mol. The Bertz CT molecular complexity index is 183. The standard InChI is InChI=1S/C12H23NO/c1-3-9(2)8-10-4-6-11(7-5-10)12(13)14/h9-11H,3-8H2,1-2H3,(H2,13,14). The molecule has 1 rings (SSSR count). The fraction of sp³-hybridized carbons (Fsp3) is 0.917. The largest absolute Gasteiger partial charge is 0.369 e. The zero-order valence-electron chi connectivity index (χ0n) is 9.46. The van der Waals surface area contributed by atoms with Crippen LogP contribution in [0.4, 0.5) is 0 Å². The molecule has 1 atom stereocenters. The first-order valence-electron chi connectivity index (χ1n) is 5.92. The minimum absolute atomic E-state index is 0.0908. The Labute approximate surface area is 87.2 Å². The molecule has 1 fully saturated rings. The van der Waals surface area contributed by atoms with Crippen LogP contribution < -0.4 is 5.73 Å². The van der Waals surface area contributed by atoms with Gasteiger partial charge in [-0.2, -0.15) is 0 Å². The van der Waals surface area contributed by atoms with Crippen LogP contribution in [0.5, 0.6) is 0 Å². The average molecular weight is 197 g/mol. The summed E-state index contributed by atoms with van der Waals surface area (Å²) in [4.78, 5) is 11.0. The topological polar surface area (TPSA) is 43.1 Å². The summed E-state index contributed by atoms with van der Waals surface area (Å²) in [5, 5.41) is 0. The van der Waals surface area contributed by atoms with E-state index >= 15 is 0 Å². The summed E-state index contributed by atoms with van der Waals surface area (Å²) in [5.74, 6) is 1.76. The molecule has 0 saturated heterocycles. The van der Waals surface area contributed by atoms with Gasteiger partial charge in [0.15, 0.2) is 0 Å². The Morgan fingerprint density at radius 3 is 2.36 bits per heavy atom. The zero-order chi connectivity index (χ0) is 10.6. The van der Waals surface area contributed by atoms with Gasteiger partial charge in [-0.25, -0.2) is 0 Å². The normalized spacial score (nSPS) is 29.9. The van der Waals surface area contributed by atoms with E-state index in [4.69, 9.17) is 5.73 Å². The first-order valence-corrected chi connectivity index (χ1v) is 5.92. The van der Waals surface area contributed by atoms with Crippen molar-refractivity contribution in [3.05, 3.63) is 0 Å². The van der Waals surface area contributed by atoms with Crippen molar-refractivity contribution in [2.45, 2.75) is 52.4 Å². The molecule has 2 heteroatoms. The summed E-state index contributed by atoms with van der Waals surface area (Å²) in [6.07, 6.45) is 7.07. The summed E-state index contributed by atoms with van der Waals surface area (Å²) < 4.78 is 0. The summed E-state index contributed by atoms with van der Waals surface area (Å²) in [7, 11) is 0. The van der Waals surface area contributed by atoms with Gasteiger partial charge in [-0.15, -0.1) is 0 Å². The second kappa shape index (κ2) is 5.38. The third-order valence-corrected chi connectivity index (χ3v) is 3.68. The van der Waals surface area contributed by atoms with Crippen molar-refractivity contribution < 1.29 is 4.79 Å². The van der Waals surface area contributed by atoms with Crippen LogP contribution >= 0.6 is 0 Å². The molecule has 1 aliphatic rings. The molecule has 0 heterocycles. The van der Waals surface area contributed by atoms with Gasteiger partial charge in [0.05, 0.1) is 0 Å². The lowest BCUT2D eigenvalue weighted by atomic mass is 9.78. The average Bonchev–Trinajstić information content (AvgIpc) is 2.18. The highest BCUT2D eigenvalue weighted by Gasteiger charge is 2.25. The van der Waals surface area contributed by atoms with Crippen molar-refractivity contribution in [3.8, 4) is 0 Å². The van der Waals surface area contributed by atoms with Crippen LogP contribution in [0.15, 0.2) is 0 Å². The molecule has 2 nitrogen and oxygen atoms in total. The zero-order valence-corrected chi connectivity index (χ0v) is 9.46. The molecule has 0 radical (unpaired) electrons. The van der Waals surface area contributed by atoms with Crippen LogP contribution in [0.25, 0.3) is 0 Å². The number of nitrogens with two attached hydrogens (primary N) is 1. The molecule has 1 aliphatic carbocycles. The Hall–Kier alpha value is -0.530. The quantitative estimate of drug-likeness (QED) is 0.740. The molecule has 1 unspecified atom stereocenters. The lowest BCUT2D eigenvalue weighted by Gasteiger charge is -2.28. The van der Waals surface area contributed by atoms with Crippen molar-refractivity contribution >= 4 is 5.91 Å². The van der Waals surface area contributed by atoms with Crippen molar-refractivity contribution in [1.29, 1.82) is 0 Å². The van der Waals surface area contributed by atoms with E-state index in [1.54, 1.807) is 0 Å². The van der Waals surface area contributed by atoms with E-state index in [9.17, 15) is 4.79 Å². The van der Waals surface area contributed by atoms with Crippen LogP contribution in [-0.4, -0.2) is 5.91 Å². The van der Waals surface area contributed by atoms with Gasteiger partial charge in [0.1, 0.15) is 0 Å². The molecule has 0 aromatic carbocycles. The summed E-state index contributed by atoms with van der Waals surface area (Å²) >= 11 is 0. The maximum Gasteiger partial charge on any atom is 0.220 e. The van der Waals surface area contributed by atoms with Crippen LogP contribution in [0.3, 0.4) is 0 Å². The van der Waals surface area contributed by atoms with Gasteiger partial charge in [-0.3, -0.25) is 4.79 Å². The molecule has 14 heavy (non-hydrogen) atoms. The number of amides is 1. The Morgan fingerprint density at radius 1 is 1.36 bits per heavy atom. The number of rotatable bonds is 4. The van der Waals surface area contributed by atoms with Crippen molar-refractivity contribution in [2.24, 2.45) is 23.5 Å². The molecule has 0 spiro atoms. The van der Waals surface area contributed by atoms with Crippen LogP contribution in [0, 0.1) is 17.8 Å². The number of carbonyl (C=O) groups excluding carboxylic acids is 1. The molecule has 0 bridgehead atoms. The Kier molecular flexibility index (Phi) is 4.43. The minimum atomic E-state index is -0.0908. The van der Waals surface area contributed by atoms with Crippen molar-refractivity contribution in [1.82, 2.24) is 0 Å². The summed E-state index contributed by atoms with van der Waals surface area (Å²) in [6.45, 7) is 4.57. The van der Waals surface area contributed by atoms with E-state index in [0.29, 0.717) is 0 Å². The van der Waals surface area contributed by atoms with Crippen LogP contribution in [0.1, 0.15) is 52.4 Å². The smallest absolute Gasteiger partial charge is 0.220 e. The van der Waals surface area contributed by atoms with Gasteiger partial charge >= 0.3 is 0 Å². The molecular formula is C12H23NO. The van der Waals surface area contributed by atoms with Crippen molar-refractivity contribution in [2.75, 3.05) is 0 Å². The first-order chi connectivity index (χ1) is 6.63. The Balaban J connectivity index is 2.25. The molecular weight excluding hydrogens is 174 g/mol. The molecule has 2 N–H and O–H groups in total. The van der Waals surface area contributed by atoms with E-state index in [2.05, 4.69) is 13.8 Å². The van der Waals surface area contributed by atoms with Gasteiger partial charge in [0.2, 0.25) is 5.91 Å². The maximum atomic E-state index is 11.0. The van der Waals surface area contributed by atoms with Crippen molar-refractivity contribution in [3.63, 3.8) is 0 Å². The van der Waals surface area contributed by atoms with Gasteiger partial charge in [-0.05, 0) is 43.9 Å². The third-order valence-electron chi connectivity index (χ3n) is 3.68. The maximum absolute atomic E-state index is 11.0. The van der Waals surface area contributed by atoms with E-state index in [1.165, 1.54) is 25.7 Å². The molecule has 0 aromatic rings. The number of carbonyl (C=O) groups is 1. The minimum Gasteiger partial charge on any atom is -0.369 e. The van der Waals surface area contributed by atoms with E-state index in [0.717, 1.165) is 24.7 Å². The second-order valence-corrected chi connectivity index (χ2v) is 4.87. The van der Waals surface area contributed by atoms with Crippen LogP contribution in [-0.2, 0) is 4.79 Å². The van der Waals surface area contributed by atoms with Gasteiger partial charge in [-0.1, -0.05) is 20.3 Å². The predicted octanol–water partition coefficient (Wildman–Crippen LogP) is 2.71. The number of hydrogen-bond acceptors (Lipinski definition) is 1. The number of hydrogen-bond donors (Lipinski definition) is 1. The van der Waals surface area contributed by atoms with Gasteiger partial charge < -0.3 is 5.73 Å². The molecule has 1 amide bonds. The highest BCUT2D eigenvalue weighted by atomic mass is 16.1. The van der Waals surface area contributed by atoms with E-state index in [1.807, 2.05) is 0 Å². The van der Waals surface area contributed by atoms with E-state index in [-0.39, 0.29) is 11.8 Å². The van der Waals surface area contributed by atoms with Crippen LogP contribution in [0.2, 0.25) is 0 Å².